The van der Waals surface area contributed by atoms with Crippen molar-refractivity contribution < 1.29 is 14.0 Å². The van der Waals surface area contributed by atoms with Crippen molar-refractivity contribution in [3.8, 4) is 0 Å². The summed E-state index contributed by atoms with van der Waals surface area (Å²) >= 11 is 0. The maximum atomic E-state index is 13.4. The quantitative estimate of drug-likeness (QED) is 0.734. The van der Waals surface area contributed by atoms with Crippen LogP contribution < -0.4 is 0 Å². The lowest BCUT2D eigenvalue weighted by Gasteiger charge is -2.30. The second kappa shape index (κ2) is 6.66. The lowest BCUT2D eigenvalue weighted by atomic mass is 9.89. The van der Waals surface area contributed by atoms with Gasteiger partial charge in [-0.1, -0.05) is 19.3 Å². The molecule has 1 saturated heterocycles. The first-order valence-corrected chi connectivity index (χ1v) is 7.31. The zero-order chi connectivity index (χ0) is 13.8. The lowest BCUT2D eigenvalue weighted by molar-refractivity contribution is -0.184. The Balaban J connectivity index is 1.90. The molecule has 1 aliphatic carbocycles. The molecule has 1 amide bonds. The molecule has 0 radical (unpaired) electrons. The minimum absolute atomic E-state index is 0.0873. The lowest BCUT2D eigenvalue weighted by Crippen LogP contribution is -2.45. The summed E-state index contributed by atoms with van der Waals surface area (Å²) in [5.74, 6) is 0.446. The summed E-state index contributed by atoms with van der Waals surface area (Å²) in [6.07, 6.45) is 5.51. The molecule has 0 aromatic heterocycles. The van der Waals surface area contributed by atoms with Crippen LogP contribution in [0.5, 0.6) is 0 Å². The third-order valence-electron chi connectivity index (χ3n) is 4.40. The summed E-state index contributed by atoms with van der Waals surface area (Å²) in [4.78, 5) is 19.4. The van der Waals surface area contributed by atoms with Crippen LogP contribution in [0.2, 0.25) is 0 Å². The minimum atomic E-state index is -0.896. The Morgan fingerprint density at radius 2 is 2.05 bits per heavy atom. The van der Waals surface area contributed by atoms with Crippen molar-refractivity contribution in [2.75, 3.05) is 27.2 Å². The van der Waals surface area contributed by atoms with Crippen molar-refractivity contribution in [3.05, 3.63) is 0 Å². The highest BCUT2D eigenvalue weighted by Crippen LogP contribution is 2.26. The van der Waals surface area contributed by atoms with Gasteiger partial charge in [-0.15, -0.1) is 0 Å². The number of hydrogen-bond donors (Lipinski definition) is 0. The van der Waals surface area contributed by atoms with Crippen LogP contribution in [0, 0.1) is 5.92 Å². The molecule has 0 spiro atoms. The Kier molecular flexibility index (Phi) is 5.16. The van der Waals surface area contributed by atoms with Gasteiger partial charge in [0.1, 0.15) is 6.17 Å². The molecule has 0 aromatic carbocycles. The Labute approximate surface area is 114 Å². The molecule has 1 saturated carbocycles. The molecule has 4 nitrogen and oxygen atoms in total. The summed E-state index contributed by atoms with van der Waals surface area (Å²) in [7, 11) is 3.33. The van der Waals surface area contributed by atoms with E-state index in [1.165, 1.54) is 44.3 Å². The number of likely N-dealkylation sites (N-methyl/N-ethyl adjacent to an activating group) is 1. The van der Waals surface area contributed by atoms with Crippen molar-refractivity contribution >= 4 is 5.91 Å². The molecule has 2 aliphatic rings. The number of hydrogen-bond acceptors (Lipinski definition) is 3. The minimum Gasteiger partial charge on any atom is -0.292 e. The Morgan fingerprint density at radius 3 is 2.58 bits per heavy atom. The summed E-state index contributed by atoms with van der Waals surface area (Å²) in [5.41, 5.74) is 0. The first-order chi connectivity index (χ1) is 9.11. The van der Waals surface area contributed by atoms with E-state index in [0.717, 1.165) is 0 Å². The van der Waals surface area contributed by atoms with E-state index in [-0.39, 0.29) is 11.9 Å². The molecular formula is C14H25FN2O2. The molecule has 1 aliphatic heterocycles. The second-order valence-corrected chi connectivity index (χ2v) is 5.87. The number of carbonyl (C=O) groups is 1. The van der Waals surface area contributed by atoms with Gasteiger partial charge in [-0.3, -0.25) is 14.5 Å². The van der Waals surface area contributed by atoms with Gasteiger partial charge in [0.15, 0.2) is 0 Å². The van der Waals surface area contributed by atoms with Gasteiger partial charge in [-0.2, -0.15) is 0 Å². The molecule has 1 heterocycles. The average molecular weight is 272 g/mol. The van der Waals surface area contributed by atoms with Gasteiger partial charge >= 0.3 is 0 Å². The van der Waals surface area contributed by atoms with Gasteiger partial charge in [0, 0.05) is 13.0 Å². The van der Waals surface area contributed by atoms with Gasteiger partial charge in [0.2, 0.25) is 0 Å². The first-order valence-electron chi connectivity index (χ1n) is 7.31. The van der Waals surface area contributed by atoms with E-state index in [2.05, 4.69) is 0 Å². The van der Waals surface area contributed by atoms with Gasteiger partial charge in [-0.25, -0.2) is 9.45 Å². The van der Waals surface area contributed by atoms with Gasteiger partial charge in [0.05, 0.1) is 19.7 Å². The van der Waals surface area contributed by atoms with Crippen molar-refractivity contribution in [2.24, 2.45) is 5.92 Å². The standard InChI is InChI=1S/C14H25FN2O2/c1-16-10-12(15)8-13(16)14(18)17(19-2)9-11-6-4-3-5-7-11/h11-13H,3-10H2,1-2H3/t12-,13-/m0/s1. The monoisotopic (exact) mass is 272 g/mol. The summed E-state index contributed by atoms with van der Waals surface area (Å²) in [5, 5.41) is 1.45. The third kappa shape index (κ3) is 3.66. The maximum Gasteiger partial charge on any atom is 0.263 e. The number of carbonyl (C=O) groups excluding carboxylic acids is 1. The van der Waals surface area contributed by atoms with Crippen LogP contribution in [0.4, 0.5) is 4.39 Å². The number of halogens is 1. The Hall–Kier alpha value is -0.680. The highest BCUT2D eigenvalue weighted by Gasteiger charge is 2.37. The number of likely N-dealkylation sites (tertiary alicyclic amines) is 1. The zero-order valence-electron chi connectivity index (χ0n) is 12.0. The molecule has 2 fully saturated rings. The van der Waals surface area contributed by atoms with Crippen LogP contribution in [0.25, 0.3) is 0 Å². The zero-order valence-corrected chi connectivity index (χ0v) is 12.0. The van der Waals surface area contributed by atoms with Gasteiger partial charge in [0.25, 0.3) is 5.91 Å². The van der Waals surface area contributed by atoms with Crippen LogP contribution in [0.15, 0.2) is 0 Å². The normalized spacial score (nSPS) is 29.6. The fourth-order valence-electron chi connectivity index (χ4n) is 3.25. The third-order valence-corrected chi connectivity index (χ3v) is 4.40. The fraction of sp³-hybridized carbons (Fsp3) is 0.929. The number of alkyl halides is 1. The summed E-state index contributed by atoms with van der Waals surface area (Å²) < 4.78 is 13.4. The van der Waals surface area contributed by atoms with Crippen molar-refractivity contribution in [1.82, 2.24) is 9.96 Å². The average Bonchev–Trinajstić information content (AvgIpc) is 2.75. The van der Waals surface area contributed by atoms with E-state index in [1.54, 1.807) is 11.9 Å². The van der Waals surface area contributed by atoms with E-state index >= 15 is 0 Å². The molecule has 0 N–H and O–H groups in total. The molecule has 19 heavy (non-hydrogen) atoms. The summed E-state index contributed by atoms with van der Waals surface area (Å²) in [6.45, 7) is 0.994. The van der Waals surface area contributed by atoms with Crippen LogP contribution in [-0.2, 0) is 9.63 Å². The highest BCUT2D eigenvalue weighted by atomic mass is 19.1. The second-order valence-electron chi connectivity index (χ2n) is 5.87. The predicted molar refractivity (Wildman–Crippen MR) is 71.2 cm³/mol. The molecule has 0 aromatic rings. The van der Waals surface area contributed by atoms with Crippen LogP contribution in [-0.4, -0.2) is 55.3 Å². The molecular weight excluding hydrogens is 247 g/mol. The van der Waals surface area contributed by atoms with Gasteiger partial charge < -0.3 is 0 Å². The number of rotatable bonds is 4. The van der Waals surface area contributed by atoms with Crippen molar-refractivity contribution in [2.45, 2.75) is 50.7 Å². The van der Waals surface area contributed by atoms with Crippen molar-refractivity contribution in [1.29, 1.82) is 0 Å². The fourth-order valence-corrected chi connectivity index (χ4v) is 3.25. The molecule has 2 atom stereocenters. The van der Waals surface area contributed by atoms with E-state index in [4.69, 9.17) is 4.84 Å². The Bertz CT molecular complexity index is 308. The first kappa shape index (κ1) is 14.7. The van der Waals surface area contributed by atoms with Crippen molar-refractivity contribution in [3.63, 3.8) is 0 Å². The van der Waals surface area contributed by atoms with E-state index < -0.39 is 6.17 Å². The molecule has 110 valence electrons. The van der Waals surface area contributed by atoms with E-state index in [1.807, 2.05) is 0 Å². The topological polar surface area (TPSA) is 32.8 Å². The smallest absolute Gasteiger partial charge is 0.263 e. The number of hydroxylamine groups is 2. The van der Waals surface area contributed by atoms with E-state index in [0.29, 0.717) is 25.4 Å². The number of amides is 1. The molecule has 0 bridgehead atoms. The Morgan fingerprint density at radius 1 is 1.37 bits per heavy atom. The van der Waals surface area contributed by atoms with E-state index in [9.17, 15) is 9.18 Å². The van der Waals surface area contributed by atoms with Crippen LogP contribution >= 0.6 is 0 Å². The predicted octanol–water partition coefficient (Wildman–Crippen LogP) is 2.00. The molecule has 5 heteroatoms. The largest absolute Gasteiger partial charge is 0.292 e. The van der Waals surface area contributed by atoms with Gasteiger partial charge in [-0.05, 0) is 25.8 Å². The highest BCUT2D eigenvalue weighted by molar-refractivity contribution is 5.81. The maximum absolute atomic E-state index is 13.4. The van der Waals surface area contributed by atoms with Crippen LogP contribution in [0.3, 0.4) is 0 Å². The SMILES string of the molecule is CON(CC1CCCCC1)C(=O)[C@@H]1C[C@H](F)CN1C. The molecule has 0 unspecified atom stereocenters. The summed E-state index contributed by atoms with van der Waals surface area (Å²) in [6, 6.07) is -0.362. The number of nitrogens with zero attached hydrogens (tertiary/aromatic N) is 2. The van der Waals surface area contributed by atoms with Crippen LogP contribution in [0.1, 0.15) is 38.5 Å². The molecule has 2 rings (SSSR count).